The summed E-state index contributed by atoms with van der Waals surface area (Å²) in [6.45, 7) is 2.73. The van der Waals surface area contributed by atoms with Crippen molar-refractivity contribution >= 4 is 6.09 Å². The van der Waals surface area contributed by atoms with Crippen LogP contribution in [0.3, 0.4) is 0 Å². The highest BCUT2D eigenvalue weighted by molar-refractivity contribution is 5.64. The molecule has 0 saturated carbocycles. The van der Waals surface area contributed by atoms with E-state index in [-0.39, 0.29) is 6.04 Å². The summed E-state index contributed by atoms with van der Waals surface area (Å²) >= 11 is 0. The highest BCUT2D eigenvalue weighted by atomic mass is 16.4. The van der Waals surface area contributed by atoms with Crippen molar-refractivity contribution in [1.82, 2.24) is 10.6 Å². The Bertz CT molecular complexity index is 111. The molecule has 0 bridgehead atoms. The first-order valence-corrected chi connectivity index (χ1v) is 3.84. The van der Waals surface area contributed by atoms with Crippen molar-refractivity contribution in [2.45, 2.75) is 25.8 Å². The maximum atomic E-state index is 10.2. The molecule has 4 heteroatoms. The summed E-state index contributed by atoms with van der Waals surface area (Å²) < 4.78 is 0. The summed E-state index contributed by atoms with van der Waals surface area (Å²) in [7, 11) is 1.81. The van der Waals surface area contributed by atoms with Crippen LogP contribution < -0.4 is 10.6 Å². The van der Waals surface area contributed by atoms with E-state index in [1.807, 2.05) is 14.0 Å². The first-order chi connectivity index (χ1) is 5.20. The highest BCUT2D eigenvalue weighted by Crippen LogP contribution is 1.94. The third-order valence-electron chi connectivity index (χ3n) is 1.42. The van der Waals surface area contributed by atoms with Gasteiger partial charge in [-0.1, -0.05) is 13.3 Å². The maximum Gasteiger partial charge on any atom is 0.404 e. The predicted molar refractivity (Wildman–Crippen MR) is 43.8 cm³/mol. The number of amides is 1. The van der Waals surface area contributed by atoms with Crippen LogP contribution >= 0.6 is 0 Å². The molecule has 0 fully saturated rings. The molecule has 0 aromatic carbocycles. The van der Waals surface area contributed by atoms with Crippen molar-refractivity contribution in [3.05, 3.63) is 0 Å². The van der Waals surface area contributed by atoms with Crippen LogP contribution in [0.4, 0.5) is 4.79 Å². The molecular formula is C7H16N2O2. The lowest BCUT2D eigenvalue weighted by molar-refractivity contribution is 0.189. The topological polar surface area (TPSA) is 61.4 Å². The minimum absolute atomic E-state index is 0.0440. The molecule has 0 aliphatic heterocycles. The Kier molecular flexibility index (Phi) is 5.56. The SMILES string of the molecule is CCCC(CNC)NC(=O)O. The Morgan fingerprint density at radius 2 is 2.27 bits per heavy atom. The molecule has 1 amide bonds. The second-order valence-electron chi connectivity index (χ2n) is 2.49. The van der Waals surface area contributed by atoms with Gasteiger partial charge in [0.15, 0.2) is 0 Å². The molecule has 0 heterocycles. The first kappa shape index (κ1) is 10.2. The van der Waals surface area contributed by atoms with Gasteiger partial charge in [0, 0.05) is 12.6 Å². The van der Waals surface area contributed by atoms with Crippen molar-refractivity contribution in [3.8, 4) is 0 Å². The molecule has 0 aliphatic rings. The largest absolute Gasteiger partial charge is 0.465 e. The molecule has 0 saturated heterocycles. The van der Waals surface area contributed by atoms with Crippen LogP contribution in [-0.2, 0) is 0 Å². The molecule has 0 aromatic rings. The number of likely N-dealkylation sites (N-methyl/N-ethyl adjacent to an activating group) is 1. The minimum atomic E-state index is -0.946. The van der Waals surface area contributed by atoms with Crippen molar-refractivity contribution in [2.75, 3.05) is 13.6 Å². The van der Waals surface area contributed by atoms with Gasteiger partial charge >= 0.3 is 6.09 Å². The predicted octanol–water partition coefficient (Wildman–Crippen LogP) is 0.642. The average molecular weight is 160 g/mol. The van der Waals surface area contributed by atoms with Gasteiger partial charge in [-0.3, -0.25) is 0 Å². The molecule has 11 heavy (non-hydrogen) atoms. The van der Waals surface area contributed by atoms with E-state index >= 15 is 0 Å². The molecule has 0 radical (unpaired) electrons. The Morgan fingerprint density at radius 1 is 1.64 bits per heavy atom. The summed E-state index contributed by atoms with van der Waals surface area (Å²) in [5, 5.41) is 13.8. The van der Waals surface area contributed by atoms with Crippen LogP contribution in [0.1, 0.15) is 19.8 Å². The van der Waals surface area contributed by atoms with E-state index in [1.54, 1.807) is 0 Å². The fourth-order valence-electron chi connectivity index (χ4n) is 0.995. The Labute approximate surface area is 67.0 Å². The second-order valence-corrected chi connectivity index (χ2v) is 2.49. The Balaban J connectivity index is 3.59. The number of nitrogens with one attached hydrogen (secondary N) is 2. The molecule has 0 spiro atoms. The first-order valence-electron chi connectivity index (χ1n) is 3.84. The number of carboxylic acid groups (broad SMARTS) is 1. The van der Waals surface area contributed by atoms with Gasteiger partial charge in [0.2, 0.25) is 0 Å². The van der Waals surface area contributed by atoms with Gasteiger partial charge in [-0.05, 0) is 13.5 Å². The van der Waals surface area contributed by atoms with Gasteiger partial charge < -0.3 is 15.7 Å². The van der Waals surface area contributed by atoms with E-state index in [4.69, 9.17) is 5.11 Å². The Hall–Kier alpha value is -0.770. The quantitative estimate of drug-likeness (QED) is 0.553. The summed E-state index contributed by atoms with van der Waals surface area (Å²) in [4.78, 5) is 10.2. The lowest BCUT2D eigenvalue weighted by atomic mass is 10.2. The minimum Gasteiger partial charge on any atom is -0.465 e. The van der Waals surface area contributed by atoms with Crippen LogP contribution in [0.25, 0.3) is 0 Å². The summed E-state index contributed by atoms with van der Waals surface area (Å²) in [6, 6.07) is 0.0440. The van der Waals surface area contributed by atoms with Crippen LogP contribution in [0.5, 0.6) is 0 Å². The molecule has 0 rings (SSSR count). The molecule has 4 nitrogen and oxygen atoms in total. The molecule has 0 aliphatic carbocycles. The number of hydrogen-bond donors (Lipinski definition) is 3. The molecule has 1 unspecified atom stereocenters. The summed E-state index contributed by atoms with van der Waals surface area (Å²) in [6.07, 6.45) is 0.929. The van der Waals surface area contributed by atoms with Crippen molar-refractivity contribution < 1.29 is 9.90 Å². The zero-order valence-corrected chi connectivity index (χ0v) is 7.05. The summed E-state index contributed by atoms with van der Waals surface area (Å²) in [5.41, 5.74) is 0. The van der Waals surface area contributed by atoms with Crippen LogP contribution in [0, 0.1) is 0 Å². The third-order valence-corrected chi connectivity index (χ3v) is 1.42. The van der Waals surface area contributed by atoms with Crippen molar-refractivity contribution in [3.63, 3.8) is 0 Å². The Morgan fingerprint density at radius 3 is 2.64 bits per heavy atom. The van der Waals surface area contributed by atoms with Gasteiger partial charge in [0.05, 0.1) is 0 Å². The molecule has 1 atom stereocenters. The lowest BCUT2D eigenvalue weighted by Gasteiger charge is -2.14. The number of hydrogen-bond acceptors (Lipinski definition) is 2. The normalized spacial score (nSPS) is 12.5. The third kappa shape index (κ3) is 5.66. The monoisotopic (exact) mass is 160 g/mol. The van der Waals surface area contributed by atoms with E-state index in [0.717, 1.165) is 12.8 Å². The van der Waals surface area contributed by atoms with E-state index in [9.17, 15) is 4.79 Å². The zero-order valence-electron chi connectivity index (χ0n) is 7.05. The van der Waals surface area contributed by atoms with Crippen LogP contribution in [-0.4, -0.2) is 30.8 Å². The van der Waals surface area contributed by atoms with Gasteiger partial charge in [-0.25, -0.2) is 4.79 Å². The van der Waals surface area contributed by atoms with Crippen LogP contribution in [0.15, 0.2) is 0 Å². The van der Waals surface area contributed by atoms with E-state index in [0.29, 0.717) is 6.54 Å². The number of rotatable bonds is 5. The lowest BCUT2D eigenvalue weighted by Crippen LogP contribution is -2.40. The summed E-state index contributed by atoms with van der Waals surface area (Å²) in [5.74, 6) is 0. The highest BCUT2D eigenvalue weighted by Gasteiger charge is 2.07. The van der Waals surface area contributed by atoms with Gasteiger partial charge in [0.1, 0.15) is 0 Å². The van der Waals surface area contributed by atoms with Crippen molar-refractivity contribution in [2.24, 2.45) is 0 Å². The maximum absolute atomic E-state index is 10.2. The standard InChI is InChI=1S/C7H16N2O2/c1-3-4-6(5-8-2)9-7(10)11/h6,8-9H,3-5H2,1-2H3,(H,10,11). The van der Waals surface area contributed by atoms with E-state index in [2.05, 4.69) is 10.6 Å². The fraction of sp³-hybridized carbons (Fsp3) is 0.857. The fourth-order valence-corrected chi connectivity index (χ4v) is 0.995. The van der Waals surface area contributed by atoms with Crippen molar-refractivity contribution in [1.29, 1.82) is 0 Å². The van der Waals surface area contributed by atoms with Gasteiger partial charge in [-0.15, -0.1) is 0 Å². The van der Waals surface area contributed by atoms with Gasteiger partial charge in [0.25, 0.3) is 0 Å². The molecule has 0 aromatic heterocycles. The second kappa shape index (κ2) is 5.97. The molecule has 3 N–H and O–H groups in total. The van der Waals surface area contributed by atoms with Crippen LogP contribution in [0.2, 0.25) is 0 Å². The number of carbonyl (C=O) groups is 1. The smallest absolute Gasteiger partial charge is 0.404 e. The molecule has 66 valence electrons. The van der Waals surface area contributed by atoms with E-state index < -0.39 is 6.09 Å². The van der Waals surface area contributed by atoms with Gasteiger partial charge in [-0.2, -0.15) is 0 Å². The average Bonchev–Trinajstić information content (AvgIpc) is 1.87. The zero-order chi connectivity index (χ0) is 8.69. The molecular weight excluding hydrogens is 144 g/mol. The van der Waals surface area contributed by atoms with E-state index in [1.165, 1.54) is 0 Å².